The van der Waals surface area contributed by atoms with E-state index in [9.17, 15) is 9.90 Å². The zero-order valence-electron chi connectivity index (χ0n) is 20.2. The average molecular weight is 450 g/mol. The Morgan fingerprint density at radius 2 is 1.77 bits per heavy atom. The maximum Gasteiger partial charge on any atom is 0.258 e. The molecule has 1 N–H and O–H groups in total. The maximum atomic E-state index is 12.9. The second-order valence-corrected chi connectivity index (χ2v) is 19.8. The predicted molar refractivity (Wildman–Crippen MR) is 128 cm³/mol. The van der Waals surface area contributed by atoms with Crippen molar-refractivity contribution in [3.8, 4) is 23.3 Å². The summed E-state index contributed by atoms with van der Waals surface area (Å²) in [7, 11) is -1.77. The largest absolute Gasteiger partial charge is 0.415 e. The molecular formula is C23H39NO4Si2. The molecule has 2 atom stereocenters. The molecule has 1 rings (SSSR count). The first kappa shape index (κ1) is 26.7. The summed E-state index contributed by atoms with van der Waals surface area (Å²) in [6.07, 6.45) is 3.67. The summed E-state index contributed by atoms with van der Waals surface area (Å²) >= 11 is 0. The predicted octanol–water partition coefficient (Wildman–Crippen LogP) is 3.43. The summed E-state index contributed by atoms with van der Waals surface area (Å²) in [5.41, 5.74) is 2.15. The zero-order valence-corrected chi connectivity index (χ0v) is 22.2. The second-order valence-electron chi connectivity index (χ2n) is 10.2. The SMILES string of the molecule is CO[C@@]1(CC#C/C=C/C#C[Si](C)(C)C)C(=O)N(CCO[Si](C)(C)C(C)(C)C)[C@H]1CO. The minimum absolute atomic E-state index is 0.112. The van der Waals surface area contributed by atoms with E-state index in [4.69, 9.17) is 9.16 Å². The monoisotopic (exact) mass is 449 g/mol. The molecule has 0 radical (unpaired) electrons. The van der Waals surface area contributed by atoms with Crippen molar-refractivity contribution in [2.24, 2.45) is 0 Å². The quantitative estimate of drug-likeness (QED) is 0.367. The molecule has 5 nitrogen and oxygen atoms in total. The van der Waals surface area contributed by atoms with E-state index >= 15 is 0 Å². The Kier molecular flexibility index (Phi) is 9.16. The average Bonchev–Trinajstić information content (AvgIpc) is 2.62. The van der Waals surface area contributed by atoms with Crippen LogP contribution in [0.2, 0.25) is 37.8 Å². The number of aliphatic hydroxyl groups is 1. The number of hydrogen-bond acceptors (Lipinski definition) is 4. The topological polar surface area (TPSA) is 59.0 Å². The van der Waals surface area contributed by atoms with Gasteiger partial charge in [0.05, 0.1) is 19.3 Å². The number of amides is 1. The molecule has 168 valence electrons. The van der Waals surface area contributed by atoms with Crippen LogP contribution in [0, 0.1) is 23.3 Å². The highest BCUT2D eigenvalue weighted by Gasteiger charge is 2.60. The van der Waals surface area contributed by atoms with E-state index < -0.39 is 28.0 Å². The molecule has 0 aliphatic carbocycles. The Morgan fingerprint density at radius 3 is 2.27 bits per heavy atom. The Bertz CT molecular complexity index is 757. The number of rotatable bonds is 7. The number of ether oxygens (including phenoxy) is 1. The minimum atomic E-state index is -1.88. The van der Waals surface area contributed by atoms with Gasteiger partial charge in [0.1, 0.15) is 8.07 Å². The van der Waals surface area contributed by atoms with E-state index in [1.54, 1.807) is 17.1 Å². The van der Waals surface area contributed by atoms with Gasteiger partial charge in [-0.1, -0.05) is 58.2 Å². The zero-order chi connectivity index (χ0) is 23.2. The van der Waals surface area contributed by atoms with Crippen molar-refractivity contribution in [2.75, 3.05) is 26.9 Å². The number of carbonyl (C=O) groups excluding carboxylic acids is 1. The van der Waals surface area contributed by atoms with Gasteiger partial charge in [0.15, 0.2) is 13.9 Å². The van der Waals surface area contributed by atoms with E-state index in [-0.39, 0.29) is 24.0 Å². The number of likely N-dealkylation sites (tertiary alicyclic amines) is 1. The van der Waals surface area contributed by atoms with Gasteiger partial charge in [-0.25, -0.2) is 0 Å². The van der Waals surface area contributed by atoms with Crippen LogP contribution in [0.25, 0.3) is 0 Å². The number of carbonyl (C=O) groups is 1. The Hall–Kier alpha value is -1.36. The molecule has 0 saturated carbocycles. The standard InChI is InChI=1S/C23H39NO4Si2/c1-22(2,3)30(8,9)28-17-16-24-20(19-25)23(27-4,21(24)26)15-13-11-10-12-14-18-29(5,6)7/h10,12,20,25H,15-17,19H2,1-9H3/b12-10+/t20-,23+/m0/s1. The number of aliphatic hydroxyl groups excluding tert-OH is 1. The van der Waals surface area contributed by atoms with Crippen molar-refractivity contribution >= 4 is 22.3 Å². The lowest BCUT2D eigenvalue weighted by Gasteiger charge is -2.54. The molecule has 1 amide bonds. The molecule has 0 aromatic heterocycles. The Labute approximate surface area is 185 Å². The van der Waals surface area contributed by atoms with E-state index in [0.29, 0.717) is 13.2 Å². The highest BCUT2D eigenvalue weighted by molar-refractivity contribution is 6.83. The van der Waals surface area contributed by atoms with Crippen molar-refractivity contribution < 1.29 is 19.1 Å². The van der Waals surface area contributed by atoms with Gasteiger partial charge >= 0.3 is 0 Å². The highest BCUT2D eigenvalue weighted by Crippen LogP contribution is 2.38. The second kappa shape index (κ2) is 10.3. The van der Waals surface area contributed by atoms with Crippen LogP contribution in [0.4, 0.5) is 0 Å². The van der Waals surface area contributed by atoms with E-state index in [2.05, 4.69) is 76.8 Å². The lowest BCUT2D eigenvalue weighted by molar-refractivity contribution is -0.203. The smallest absolute Gasteiger partial charge is 0.258 e. The third-order valence-corrected chi connectivity index (χ3v) is 11.3. The van der Waals surface area contributed by atoms with Crippen LogP contribution in [-0.2, 0) is 14.0 Å². The minimum Gasteiger partial charge on any atom is -0.415 e. The van der Waals surface area contributed by atoms with Gasteiger partial charge in [-0.15, -0.1) is 5.54 Å². The van der Waals surface area contributed by atoms with Crippen LogP contribution in [-0.4, -0.2) is 70.8 Å². The fourth-order valence-electron chi connectivity index (χ4n) is 2.90. The van der Waals surface area contributed by atoms with Gasteiger partial charge in [0, 0.05) is 20.1 Å². The van der Waals surface area contributed by atoms with Gasteiger partial charge in [0.2, 0.25) is 0 Å². The van der Waals surface area contributed by atoms with Crippen LogP contribution in [0.5, 0.6) is 0 Å². The molecule has 0 spiro atoms. The van der Waals surface area contributed by atoms with E-state index in [1.165, 1.54) is 7.11 Å². The van der Waals surface area contributed by atoms with Crippen LogP contribution in [0.3, 0.4) is 0 Å². The molecule has 0 bridgehead atoms. The maximum absolute atomic E-state index is 12.9. The van der Waals surface area contributed by atoms with E-state index in [1.807, 2.05) is 0 Å². The van der Waals surface area contributed by atoms with E-state index in [0.717, 1.165) is 0 Å². The van der Waals surface area contributed by atoms with Crippen LogP contribution >= 0.6 is 0 Å². The molecule has 0 aromatic carbocycles. The lowest BCUT2D eigenvalue weighted by Crippen LogP contribution is -2.76. The summed E-state index contributed by atoms with van der Waals surface area (Å²) in [4.78, 5) is 14.5. The van der Waals surface area contributed by atoms with Gasteiger partial charge in [0.25, 0.3) is 5.91 Å². The van der Waals surface area contributed by atoms with Crippen molar-refractivity contribution in [1.29, 1.82) is 0 Å². The van der Waals surface area contributed by atoms with Gasteiger partial charge in [-0.3, -0.25) is 4.79 Å². The fraction of sp³-hybridized carbons (Fsp3) is 0.696. The summed E-state index contributed by atoms with van der Waals surface area (Å²) in [6, 6.07) is -0.414. The first-order valence-electron chi connectivity index (χ1n) is 10.5. The fourth-order valence-corrected chi connectivity index (χ4v) is 4.45. The molecule has 1 aliphatic heterocycles. The molecule has 0 unspecified atom stereocenters. The van der Waals surface area contributed by atoms with Crippen LogP contribution in [0.15, 0.2) is 12.2 Å². The number of nitrogens with zero attached hydrogens (tertiary/aromatic N) is 1. The highest BCUT2D eigenvalue weighted by atomic mass is 28.4. The molecule has 1 fully saturated rings. The van der Waals surface area contributed by atoms with Gasteiger partial charge < -0.3 is 19.2 Å². The Balaban J connectivity index is 2.73. The van der Waals surface area contributed by atoms with Crippen molar-refractivity contribution in [1.82, 2.24) is 4.90 Å². The number of methoxy groups -OCH3 is 1. The number of allylic oxidation sites excluding steroid dienone is 2. The molecular weight excluding hydrogens is 410 g/mol. The number of hydrogen-bond donors (Lipinski definition) is 1. The molecule has 0 aromatic rings. The third-order valence-electron chi connectivity index (χ3n) is 5.83. The first-order valence-corrected chi connectivity index (χ1v) is 16.9. The first-order chi connectivity index (χ1) is 13.7. The normalized spacial score (nSPS) is 22.3. The van der Waals surface area contributed by atoms with Crippen LogP contribution in [0.1, 0.15) is 27.2 Å². The number of β-lactam (4-membered cyclic amide) rings is 1. The Morgan fingerprint density at radius 1 is 1.17 bits per heavy atom. The molecule has 7 heteroatoms. The third kappa shape index (κ3) is 6.57. The van der Waals surface area contributed by atoms with Gasteiger partial charge in [-0.05, 0) is 30.3 Å². The summed E-state index contributed by atoms with van der Waals surface area (Å²) in [5, 5.41) is 10.0. The lowest BCUT2D eigenvalue weighted by atomic mass is 9.79. The van der Waals surface area contributed by atoms with Crippen molar-refractivity contribution in [3.05, 3.63) is 12.2 Å². The van der Waals surface area contributed by atoms with Gasteiger partial charge in [-0.2, -0.15) is 0 Å². The van der Waals surface area contributed by atoms with Crippen LogP contribution < -0.4 is 0 Å². The summed E-state index contributed by atoms with van der Waals surface area (Å²) in [5.74, 6) is 8.79. The molecule has 1 saturated heterocycles. The molecule has 1 aliphatic rings. The summed E-state index contributed by atoms with van der Waals surface area (Å²) in [6.45, 7) is 18.2. The summed E-state index contributed by atoms with van der Waals surface area (Å²) < 4.78 is 11.7. The molecule has 1 heterocycles. The van der Waals surface area contributed by atoms with Crippen molar-refractivity contribution in [2.45, 2.75) is 76.6 Å². The molecule has 30 heavy (non-hydrogen) atoms. The van der Waals surface area contributed by atoms with Crippen molar-refractivity contribution in [3.63, 3.8) is 0 Å².